The van der Waals surface area contributed by atoms with Gasteiger partial charge in [-0.3, -0.25) is 4.57 Å². The van der Waals surface area contributed by atoms with Crippen molar-refractivity contribution in [1.82, 2.24) is 14.1 Å². The first-order chi connectivity index (χ1) is 30.4. The lowest BCUT2D eigenvalue weighted by atomic mass is 9.73. The van der Waals surface area contributed by atoms with E-state index in [1.54, 1.807) is 0 Å². The Balaban J connectivity index is 1.07. The van der Waals surface area contributed by atoms with E-state index in [0.717, 1.165) is 56.1 Å². The minimum Gasteiger partial charge on any atom is -0.457 e. The Kier molecular flexibility index (Phi) is 9.67. The Morgan fingerprint density at radius 1 is 0.460 bits per heavy atom. The highest BCUT2D eigenvalue weighted by Gasteiger charge is 2.31. The molecular formula is C58H53N4O+. The molecule has 0 spiro atoms. The number of aromatic nitrogens is 4. The van der Waals surface area contributed by atoms with Crippen LogP contribution in [0.4, 0.5) is 0 Å². The third kappa shape index (κ3) is 7.17. The van der Waals surface area contributed by atoms with Crippen LogP contribution in [0.1, 0.15) is 76.3 Å². The first kappa shape index (κ1) is 39.9. The van der Waals surface area contributed by atoms with Gasteiger partial charge < -0.3 is 4.74 Å². The van der Waals surface area contributed by atoms with E-state index in [9.17, 15) is 0 Å². The zero-order valence-electron chi connectivity index (χ0n) is 37.2. The van der Waals surface area contributed by atoms with Crippen LogP contribution in [0.25, 0.3) is 50.0 Å². The fourth-order valence-corrected chi connectivity index (χ4v) is 9.14. The van der Waals surface area contributed by atoms with Gasteiger partial charge in [-0.25, -0.2) is 4.98 Å². The molecule has 10 aromatic rings. The zero-order chi connectivity index (χ0) is 43.5. The molecule has 0 N–H and O–H groups in total. The molecule has 10 rings (SSSR count). The van der Waals surface area contributed by atoms with Gasteiger partial charge in [0.25, 0.3) is 6.33 Å². The van der Waals surface area contributed by atoms with Crippen molar-refractivity contribution < 1.29 is 9.30 Å². The number of pyridine rings is 1. The van der Waals surface area contributed by atoms with Crippen molar-refractivity contribution in [2.24, 2.45) is 0 Å². The molecule has 7 aromatic carbocycles. The van der Waals surface area contributed by atoms with Gasteiger partial charge in [0.15, 0.2) is 11.0 Å². The van der Waals surface area contributed by atoms with Crippen LogP contribution in [0, 0.1) is 0 Å². The second-order valence-corrected chi connectivity index (χ2v) is 18.9. The molecule has 0 amide bonds. The van der Waals surface area contributed by atoms with Gasteiger partial charge in [-0.15, -0.1) is 0 Å². The highest BCUT2D eigenvalue weighted by atomic mass is 16.5. The summed E-state index contributed by atoms with van der Waals surface area (Å²) in [5, 5.41) is 2.34. The lowest BCUT2D eigenvalue weighted by molar-refractivity contribution is -0.567. The fraction of sp³-hybridized carbons (Fsp3) is 0.172. The van der Waals surface area contributed by atoms with Crippen molar-refractivity contribution in [2.45, 2.75) is 64.7 Å². The predicted molar refractivity (Wildman–Crippen MR) is 259 cm³/mol. The van der Waals surface area contributed by atoms with E-state index >= 15 is 0 Å². The maximum absolute atomic E-state index is 6.75. The molecule has 0 aliphatic rings. The molecule has 0 aliphatic heterocycles. The normalized spacial score (nSPS) is 12.4. The number of nitrogens with zero attached hydrogens (tertiary/aromatic N) is 4. The monoisotopic (exact) mass is 821 g/mol. The summed E-state index contributed by atoms with van der Waals surface area (Å²) in [6.07, 6.45) is 4.14. The molecule has 0 fully saturated rings. The predicted octanol–water partition coefficient (Wildman–Crippen LogP) is 14.1. The van der Waals surface area contributed by atoms with Crippen LogP contribution < -0.4 is 9.30 Å². The summed E-state index contributed by atoms with van der Waals surface area (Å²) < 4.78 is 13.6. The van der Waals surface area contributed by atoms with Crippen LogP contribution in [0.15, 0.2) is 195 Å². The average Bonchev–Trinajstić information content (AvgIpc) is 3.85. The number of para-hydroxylation sites is 3. The molecule has 0 aliphatic carbocycles. The molecule has 0 saturated carbocycles. The van der Waals surface area contributed by atoms with E-state index in [1.165, 1.54) is 33.2 Å². The molecular weight excluding hydrogens is 769 g/mol. The second-order valence-electron chi connectivity index (χ2n) is 18.9. The van der Waals surface area contributed by atoms with Gasteiger partial charge in [-0.1, -0.05) is 152 Å². The number of ether oxygens (including phenoxy) is 1. The van der Waals surface area contributed by atoms with Gasteiger partial charge in [0.05, 0.1) is 11.0 Å². The lowest BCUT2D eigenvalue weighted by Crippen LogP contribution is -2.32. The van der Waals surface area contributed by atoms with Gasteiger partial charge >= 0.3 is 0 Å². The number of hydrogen-bond donors (Lipinski definition) is 0. The summed E-state index contributed by atoms with van der Waals surface area (Å²) in [4.78, 5) is 4.88. The van der Waals surface area contributed by atoms with Crippen LogP contribution in [0.2, 0.25) is 0 Å². The molecule has 5 heteroatoms. The van der Waals surface area contributed by atoms with Crippen LogP contribution in [0.5, 0.6) is 11.5 Å². The van der Waals surface area contributed by atoms with Crippen LogP contribution in [-0.4, -0.2) is 14.1 Å². The number of fused-ring (bicyclic) bond motifs is 4. The van der Waals surface area contributed by atoms with E-state index in [-0.39, 0.29) is 16.2 Å². The second kappa shape index (κ2) is 15.3. The van der Waals surface area contributed by atoms with Crippen molar-refractivity contribution in [1.29, 1.82) is 0 Å². The first-order valence-corrected chi connectivity index (χ1v) is 21.9. The van der Waals surface area contributed by atoms with Gasteiger partial charge in [0.2, 0.25) is 0 Å². The van der Waals surface area contributed by atoms with E-state index in [0.29, 0.717) is 0 Å². The summed E-state index contributed by atoms with van der Waals surface area (Å²) in [5.41, 5.74) is 12.3. The third-order valence-electron chi connectivity index (χ3n) is 13.1. The summed E-state index contributed by atoms with van der Waals surface area (Å²) in [6, 6.07) is 65.1. The topological polar surface area (TPSA) is 35.9 Å². The maximum atomic E-state index is 6.75. The number of imidazole rings is 1. The number of hydrogen-bond acceptors (Lipinski definition) is 2. The Labute approximate surface area is 370 Å². The molecule has 0 unspecified atom stereocenters. The molecule has 3 heterocycles. The van der Waals surface area contributed by atoms with Crippen molar-refractivity contribution in [3.63, 3.8) is 0 Å². The molecule has 3 aromatic heterocycles. The van der Waals surface area contributed by atoms with E-state index in [2.05, 4.69) is 244 Å². The number of benzene rings is 7. The van der Waals surface area contributed by atoms with E-state index in [1.807, 2.05) is 12.3 Å². The quantitative estimate of drug-likeness (QED) is 0.136. The molecule has 5 nitrogen and oxygen atoms in total. The summed E-state index contributed by atoms with van der Waals surface area (Å²) in [5.74, 6) is 2.41. The molecule has 0 bridgehead atoms. The van der Waals surface area contributed by atoms with Gasteiger partial charge in [0.1, 0.15) is 28.7 Å². The van der Waals surface area contributed by atoms with Crippen LogP contribution in [-0.2, 0) is 16.2 Å². The molecule has 0 atom stereocenters. The highest BCUT2D eigenvalue weighted by molar-refractivity contribution is 6.09. The minimum atomic E-state index is -0.242. The fourth-order valence-electron chi connectivity index (χ4n) is 9.14. The number of rotatable bonds is 9. The van der Waals surface area contributed by atoms with Gasteiger partial charge in [0, 0.05) is 39.9 Å². The summed E-state index contributed by atoms with van der Waals surface area (Å²) >= 11 is 0. The van der Waals surface area contributed by atoms with E-state index in [4.69, 9.17) is 9.72 Å². The smallest absolute Gasteiger partial charge is 0.255 e. The van der Waals surface area contributed by atoms with Crippen LogP contribution >= 0.6 is 0 Å². The highest BCUT2D eigenvalue weighted by Crippen LogP contribution is 2.39. The minimum absolute atomic E-state index is 0.00833. The Bertz CT molecular complexity index is 3220. The average molecular weight is 822 g/mol. The van der Waals surface area contributed by atoms with Gasteiger partial charge in [-0.05, 0) is 100.0 Å². The maximum Gasteiger partial charge on any atom is 0.255 e. The summed E-state index contributed by atoms with van der Waals surface area (Å²) in [6.45, 7) is 16.0. The van der Waals surface area contributed by atoms with Crippen molar-refractivity contribution in [3.8, 4) is 28.7 Å². The lowest BCUT2D eigenvalue weighted by Gasteiger charge is -2.31. The molecule has 0 radical (unpaired) electrons. The van der Waals surface area contributed by atoms with Gasteiger partial charge in [-0.2, -0.15) is 9.13 Å². The third-order valence-corrected chi connectivity index (χ3v) is 13.1. The largest absolute Gasteiger partial charge is 0.457 e. The Morgan fingerprint density at radius 2 is 1.06 bits per heavy atom. The van der Waals surface area contributed by atoms with Crippen molar-refractivity contribution in [3.05, 3.63) is 222 Å². The molecule has 0 saturated heterocycles. The molecule has 310 valence electrons. The standard InChI is InChI=1S/C58H53N4O/c1-56(2,3)42-31-32-59-55(36-42)62-51-26-15-14-25-49(51)50-30-29-48(38-54(50)62)63-47-24-18-23-45(37-47)60-39-61(53-28-17-16-27-52(53)60)46-34-43(57(4,5)40-19-10-8-11-20-40)33-44(35-46)58(6,7)41-21-12-9-13-22-41/h8-39H,1-7H3/q+1. The zero-order valence-corrected chi connectivity index (χ0v) is 37.2. The Hall–Kier alpha value is -7.24. The van der Waals surface area contributed by atoms with Crippen molar-refractivity contribution >= 4 is 32.8 Å². The van der Waals surface area contributed by atoms with E-state index < -0.39 is 0 Å². The van der Waals surface area contributed by atoms with Crippen LogP contribution in [0.3, 0.4) is 0 Å². The SMILES string of the molecule is CC(C)(C)c1ccnc(-n2c3ccccc3c3ccc(Oc4cccc(-n5c[n+](-c6cc(C(C)(C)c7ccccc7)cc(C(C)(C)c7ccccc7)c6)c6ccccc65)c4)cc32)c1. The Morgan fingerprint density at radius 3 is 1.75 bits per heavy atom. The van der Waals surface area contributed by atoms with Crippen molar-refractivity contribution in [2.75, 3.05) is 0 Å². The first-order valence-electron chi connectivity index (χ1n) is 21.9. The molecule has 63 heavy (non-hydrogen) atoms. The summed E-state index contributed by atoms with van der Waals surface area (Å²) in [7, 11) is 0.